The Morgan fingerprint density at radius 1 is 1.45 bits per heavy atom. The van der Waals surface area contributed by atoms with Crippen LogP contribution in [0.5, 0.6) is 0 Å². The van der Waals surface area contributed by atoms with E-state index in [1.165, 1.54) is 0 Å². The van der Waals surface area contributed by atoms with Crippen LogP contribution in [0.2, 0.25) is 0 Å². The van der Waals surface area contributed by atoms with Gasteiger partial charge in [-0.25, -0.2) is 0 Å². The van der Waals surface area contributed by atoms with Crippen LogP contribution in [0.1, 0.15) is 28.2 Å². The van der Waals surface area contributed by atoms with Crippen molar-refractivity contribution in [2.75, 3.05) is 11.4 Å². The topological polar surface area (TPSA) is 83.0 Å². The van der Waals surface area contributed by atoms with Gasteiger partial charge in [-0.3, -0.25) is 19.2 Å². The number of H-pyrrole nitrogens is 1. The molecule has 1 aliphatic heterocycles. The van der Waals surface area contributed by atoms with Crippen LogP contribution in [-0.4, -0.2) is 39.2 Å². The van der Waals surface area contributed by atoms with Gasteiger partial charge in [0.05, 0.1) is 11.3 Å². The summed E-state index contributed by atoms with van der Waals surface area (Å²) in [4.78, 5) is 29.4. The Kier molecular flexibility index (Phi) is 3.48. The molecule has 116 valence electrons. The maximum absolute atomic E-state index is 12.5. The molecule has 7 nitrogen and oxygen atoms in total. The van der Waals surface area contributed by atoms with Crippen LogP contribution in [0.4, 0.5) is 5.82 Å². The number of amides is 2. The van der Waals surface area contributed by atoms with Crippen LogP contribution in [-0.2, 0) is 11.8 Å². The average molecular weight is 301 g/mol. The molecule has 3 heterocycles. The lowest BCUT2D eigenvalue weighted by atomic mass is 10.2. The zero-order chi connectivity index (χ0) is 15.9. The van der Waals surface area contributed by atoms with Gasteiger partial charge in [-0.1, -0.05) is 0 Å². The molecule has 1 unspecified atom stereocenters. The number of aromatic amines is 1. The number of rotatable bonds is 3. The van der Waals surface area contributed by atoms with Crippen LogP contribution in [0.3, 0.4) is 0 Å². The van der Waals surface area contributed by atoms with Crippen LogP contribution < -0.4 is 10.2 Å². The van der Waals surface area contributed by atoms with E-state index in [4.69, 9.17) is 0 Å². The summed E-state index contributed by atoms with van der Waals surface area (Å²) in [6, 6.07) is 3.10. The average Bonchev–Trinajstić information content (AvgIpc) is 3.12. The number of hydrogen-bond acceptors (Lipinski definition) is 3. The van der Waals surface area contributed by atoms with Crippen molar-refractivity contribution in [3.63, 3.8) is 0 Å². The van der Waals surface area contributed by atoms with Gasteiger partial charge in [0.15, 0.2) is 0 Å². The number of carbonyl (C=O) groups excluding carboxylic acids is 2. The molecule has 7 heteroatoms. The van der Waals surface area contributed by atoms with E-state index in [0.29, 0.717) is 18.5 Å². The predicted octanol–water partition coefficient (Wildman–Crippen LogP) is 0.900. The van der Waals surface area contributed by atoms with Crippen molar-refractivity contribution in [3.05, 3.63) is 35.3 Å². The molecule has 2 N–H and O–H groups in total. The van der Waals surface area contributed by atoms with Gasteiger partial charge in [0, 0.05) is 31.5 Å². The lowest BCUT2D eigenvalue weighted by molar-refractivity contribution is -0.118. The maximum Gasteiger partial charge on any atom is 0.253 e. The first-order valence-corrected chi connectivity index (χ1v) is 7.24. The van der Waals surface area contributed by atoms with Gasteiger partial charge in [0.25, 0.3) is 11.8 Å². The van der Waals surface area contributed by atoms with E-state index < -0.39 is 6.04 Å². The molecular weight excluding hydrogens is 282 g/mol. The first-order valence-electron chi connectivity index (χ1n) is 7.24. The number of aryl methyl sites for hydroxylation is 3. The minimum absolute atomic E-state index is 0.0930. The largest absolute Gasteiger partial charge is 0.365 e. The van der Waals surface area contributed by atoms with Crippen molar-refractivity contribution in [2.24, 2.45) is 7.05 Å². The van der Waals surface area contributed by atoms with Gasteiger partial charge in [-0.2, -0.15) is 5.10 Å². The second kappa shape index (κ2) is 5.32. The highest BCUT2D eigenvalue weighted by atomic mass is 16.2. The lowest BCUT2D eigenvalue weighted by Crippen LogP contribution is -2.42. The minimum Gasteiger partial charge on any atom is -0.365 e. The molecule has 1 atom stereocenters. The van der Waals surface area contributed by atoms with Crippen LogP contribution in [0.25, 0.3) is 0 Å². The van der Waals surface area contributed by atoms with Crippen molar-refractivity contribution >= 4 is 17.6 Å². The Morgan fingerprint density at radius 2 is 2.23 bits per heavy atom. The molecule has 2 amide bonds. The van der Waals surface area contributed by atoms with E-state index in [9.17, 15) is 9.59 Å². The van der Waals surface area contributed by atoms with Crippen molar-refractivity contribution in [3.8, 4) is 0 Å². The third-order valence-corrected chi connectivity index (χ3v) is 3.96. The Morgan fingerprint density at radius 3 is 2.82 bits per heavy atom. The summed E-state index contributed by atoms with van der Waals surface area (Å²) in [6.07, 6.45) is 2.31. The molecule has 22 heavy (non-hydrogen) atoms. The van der Waals surface area contributed by atoms with E-state index in [1.807, 2.05) is 27.0 Å². The highest BCUT2D eigenvalue weighted by Gasteiger charge is 2.35. The van der Waals surface area contributed by atoms with Gasteiger partial charge in [-0.05, 0) is 26.3 Å². The molecule has 0 saturated carbocycles. The van der Waals surface area contributed by atoms with Crippen LogP contribution in [0.15, 0.2) is 18.3 Å². The molecule has 0 bridgehead atoms. The number of nitrogens with one attached hydrogen (secondary N) is 2. The molecule has 0 aromatic carbocycles. The third kappa shape index (κ3) is 2.38. The van der Waals surface area contributed by atoms with Crippen molar-refractivity contribution in [1.82, 2.24) is 20.1 Å². The second-order valence-corrected chi connectivity index (χ2v) is 5.59. The summed E-state index contributed by atoms with van der Waals surface area (Å²) >= 11 is 0. The fourth-order valence-electron chi connectivity index (χ4n) is 2.83. The maximum atomic E-state index is 12.5. The fourth-order valence-corrected chi connectivity index (χ4v) is 2.83. The highest BCUT2D eigenvalue weighted by Crippen LogP contribution is 2.22. The zero-order valence-electron chi connectivity index (χ0n) is 12.9. The van der Waals surface area contributed by atoms with Gasteiger partial charge in [0.2, 0.25) is 0 Å². The molecule has 0 spiro atoms. The zero-order valence-corrected chi connectivity index (χ0v) is 12.9. The smallest absolute Gasteiger partial charge is 0.253 e. The van der Waals surface area contributed by atoms with Gasteiger partial charge in [0.1, 0.15) is 11.9 Å². The highest BCUT2D eigenvalue weighted by molar-refractivity contribution is 6.03. The van der Waals surface area contributed by atoms with Crippen molar-refractivity contribution in [1.29, 1.82) is 0 Å². The van der Waals surface area contributed by atoms with Crippen molar-refractivity contribution < 1.29 is 9.59 Å². The number of carbonyl (C=O) groups is 2. The molecular formula is C15H19N5O2. The molecule has 2 aromatic rings. The van der Waals surface area contributed by atoms with Crippen LogP contribution >= 0.6 is 0 Å². The van der Waals surface area contributed by atoms with E-state index in [1.54, 1.807) is 21.8 Å². The van der Waals surface area contributed by atoms with Gasteiger partial charge < -0.3 is 10.3 Å². The number of hydrogen-bond donors (Lipinski definition) is 2. The van der Waals surface area contributed by atoms with Gasteiger partial charge >= 0.3 is 0 Å². The molecule has 2 aromatic heterocycles. The molecule has 0 radical (unpaired) electrons. The van der Waals surface area contributed by atoms with E-state index >= 15 is 0 Å². The number of nitrogens with zero attached hydrogens (tertiary/aromatic N) is 3. The van der Waals surface area contributed by atoms with E-state index in [0.717, 1.165) is 17.2 Å². The summed E-state index contributed by atoms with van der Waals surface area (Å²) in [5, 5.41) is 7.08. The second-order valence-electron chi connectivity index (χ2n) is 5.59. The molecule has 1 aliphatic rings. The third-order valence-electron chi connectivity index (χ3n) is 3.96. The Balaban J connectivity index is 1.73. The monoisotopic (exact) mass is 301 g/mol. The quantitative estimate of drug-likeness (QED) is 0.883. The van der Waals surface area contributed by atoms with Crippen LogP contribution in [0, 0.1) is 13.8 Å². The van der Waals surface area contributed by atoms with E-state index in [-0.39, 0.29) is 11.8 Å². The number of anilines is 1. The standard InChI is InChI=1S/C15H19N5O2/c1-9-8-13(19(3)18-9)20-7-5-12(15(20)22)17-14(21)11-4-6-16-10(11)2/h4,6,8,12,16H,5,7H2,1-3H3,(H,17,21). The van der Waals surface area contributed by atoms with E-state index in [2.05, 4.69) is 15.4 Å². The first kappa shape index (κ1) is 14.4. The molecule has 1 saturated heterocycles. The molecule has 1 fully saturated rings. The summed E-state index contributed by atoms with van der Waals surface area (Å²) < 4.78 is 1.69. The first-order chi connectivity index (χ1) is 10.5. The molecule has 3 rings (SSSR count). The van der Waals surface area contributed by atoms with Gasteiger partial charge in [-0.15, -0.1) is 0 Å². The number of aromatic nitrogens is 3. The van der Waals surface area contributed by atoms with Crippen molar-refractivity contribution in [2.45, 2.75) is 26.3 Å². The Labute approximate surface area is 128 Å². The summed E-state index contributed by atoms with van der Waals surface area (Å²) in [7, 11) is 1.81. The lowest BCUT2D eigenvalue weighted by Gasteiger charge is -2.17. The minimum atomic E-state index is -0.489. The fraction of sp³-hybridized carbons (Fsp3) is 0.400. The SMILES string of the molecule is Cc1cc(N2CCC(NC(=O)c3cc[nH]c3C)C2=O)n(C)n1. The summed E-state index contributed by atoms with van der Waals surface area (Å²) in [6.45, 7) is 4.29. The normalized spacial score (nSPS) is 18.0. The summed E-state index contributed by atoms with van der Waals surface area (Å²) in [5.74, 6) is 0.446. The Hall–Kier alpha value is -2.57. The molecule has 0 aliphatic carbocycles. The predicted molar refractivity (Wildman–Crippen MR) is 81.7 cm³/mol. The Bertz CT molecular complexity index is 730. The summed E-state index contributed by atoms with van der Waals surface area (Å²) in [5.41, 5.74) is 2.23.